The van der Waals surface area contributed by atoms with E-state index in [4.69, 9.17) is 37.9 Å². The molecule has 0 bridgehead atoms. The molecule has 12 nitrogen and oxygen atoms in total. The van der Waals surface area contributed by atoms with E-state index >= 15 is 0 Å². The first-order valence-corrected chi connectivity index (χ1v) is 12.1. The quantitative estimate of drug-likeness (QED) is 0.160. The van der Waals surface area contributed by atoms with Gasteiger partial charge in [-0.1, -0.05) is 59.2 Å². The Balaban J connectivity index is 1.67. The van der Waals surface area contributed by atoms with Crippen molar-refractivity contribution in [3.63, 3.8) is 0 Å². The average molecular weight is 566 g/mol. The second kappa shape index (κ2) is 13.7. The normalized spacial score (nSPS) is 11.7. The lowest BCUT2D eigenvalue weighted by atomic mass is 10.0. The zero-order chi connectivity index (χ0) is 27.7. The zero-order valence-corrected chi connectivity index (χ0v) is 21.7. The molecular weight excluding hydrogens is 541 g/mol. The lowest BCUT2D eigenvalue weighted by molar-refractivity contribution is -0.158. The number of amides is 1. The maximum Gasteiger partial charge on any atom is 0.333 e. The molecule has 0 radical (unpaired) electrons. The van der Waals surface area contributed by atoms with Crippen LogP contribution in [0.15, 0.2) is 48.7 Å². The predicted octanol–water partition coefficient (Wildman–Crippen LogP) is 2.57. The Morgan fingerprint density at radius 2 is 1.89 bits per heavy atom. The van der Waals surface area contributed by atoms with Crippen LogP contribution in [0, 0.1) is 0 Å². The van der Waals surface area contributed by atoms with E-state index in [-0.39, 0.29) is 18.7 Å². The van der Waals surface area contributed by atoms with E-state index in [0.29, 0.717) is 22.0 Å². The van der Waals surface area contributed by atoms with E-state index in [1.807, 2.05) is 6.92 Å². The first-order valence-electron chi connectivity index (χ1n) is 11.4. The number of nitrogens with one attached hydrogen (secondary N) is 1. The molecule has 0 saturated heterocycles. The van der Waals surface area contributed by atoms with Crippen molar-refractivity contribution in [2.45, 2.75) is 32.4 Å². The van der Waals surface area contributed by atoms with Crippen molar-refractivity contribution in [1.82, 2.24) is 25.6 Å². The van der Waals surface area contributed by atoms with Gasteiger partial charge in [-0.25, -0.2) is 9.80 Å². The number of halogens is 2. The van der Waals surface area contributed by atoms with E-state index < -0.39 is 37.3 Å². The SMILES string of the molecule is CCCC(=O)OCOn1cc(C(=O)NN(Cc2ccc(-c3cc(Cl)ccc3Cl)cc2)C[C@@H](O)C(=O)O)nn1. The minimum absolute atomic E-state index is 0.0532. The van der Waals surface area contributed by atoms with Crippen LogP contribution in [-0.4, -0.2) is 67.7 Å². The summed E-state index contributed by atoms with van der Waals surface area (Å²) in [6.07, 6.45) is 0.249. The first kappa shape index (κ1) is 28.9. The molecule has 0 aliphatic rings. The highest BCUT2D eigenvalue weighted by atomic mass is 35.5. The number of aliphatic hydroxyl groups is 1. The van der Waals surface area contributed by atoms with Crippen LogP contribution in [0.1, 0.15) is 35.8 Å². The van der Waals surface area contributed by atoms with Gasteiger partial charge in [0, 0.05) is 28.6 Å². The van der Waals surface area contributed by atoms with Gasteiger partial charge in [0.15, 0.2) is 11.8 Å². The lowest BCUT2D eigenvalue weighted by Gasteiger charge is -2.24. The van der Waals surface area contributed by atoms with Crippen LogP contribution in [0.3, 0.4) is 0 Å². The number of aliphatic hydroxyl groups excluding tert-OH is 1. The van der Waals surface area contributed by atoms with Crippen LogP contribution < -0.4 is 10.3 Å². The van der Waals surface area contributed by atoms with Crippen LogP contribution in [0.2, 0.25) is 10.0 Å². The maximum atomic E-state index is 12.7. The molecule has 3 aromatic rings. The van der Waals surface area contributed by atoms with Crippen LogP contribution in [0.4, 0.5) is 0 Å². The Morgan fingerprint density at radius 3 is 2.58 bits per heavy atom. The number of rotatable bonds is 13. The minimum atomic E-state index is -1.77. The molecule has 1 atom stereocenters. The van der Waals surface area contributed by atoms with Crippen LogP contribution >= 0.6 is 23.2 Å². The summed E-state index contributed by atoms with van der Waals surface area (Å²) in [5.74, 6) is -2.63. The van der Waals surface area contributed by atoms with Crippen molar-refractivity contribution < 1.29 is 34.2 Å². The van der Waals surface area contributed by atoms with Gasteiger partial charge in [0.25, 0.3) is 12.7 Å². The highest BCUT2D eigenvalue weighted by Crippen LogP contribution is 2.30. The smallest absolute Gasteiger partial charge is 0.333 e. The summed E-state index contributed by atoms with van der Waals surface area (Å²) in [5, 5.41) is 28.6. The summed E-state index contributed by atoms with van der Waals surface area (Å²) in [7, 11) is 0. The maximum absolute atomic E-state index is 12.7. The number of carboxylic acid groups (broad SMARTS) is 1. The van der Waals surface area contributed by atoms with Gasteiger partial charge >= 0.3 is 11.9 Å². The van der Waals surface area contributed by atoms with Crippen molar-refractivity contribution in [1.29, 1.82) is 0 Å². The first-order chi connectivity index (χ1) is 18.2. The molecule has 1 amide bonds. The van der Waals surface area contributed by atoms with Crippen molar-refractivity contribution in [2.75, 3.05) is 13.3 Å². The Hall–Kier alpha value is -3.71. The number of carboxylic acids is 1. The Kier molecular flexibility index (Phi) is 10.4. The number of aromatic nitrogens is 3. The number of carbonyl (C=O) groups is 3. The Labute approximate surface area is 227 Å². The number of hydrogen-bond acceptors (Lipinski definition) is 9. The minimum Gasteiger partial charge on any atom is -0.479 e. The summed E-state index contributed by atoms with van der Waals surface area (Å²) >= 11 is 12.3. The van der Waals surface area contributed by atoms with Crippen LogP contribution in [-0.2, 0) is 20.9 Å². The van der Waals surface area contributed by atoms with E-state index in [0.717, 1.165) is 22.2 Å². The largest absolute Gasteiger partial charge is 0.479 e. The average Bonchev–Trinajstić information content (AvgIpc) is 3.35. The number of benzene rings is 2. The van der Waals surface area contributed by atoms with Gasteiger partial charge in [-0.05, 0) is 41.0 Å². The van der Waals surface area contributed by atoms with Crippen molar-refractivity contribution in [2.24, 2.45) is 0 Å². The van der Waals surface area contributed by atoms with Gasteiger partial charge < -0.3 is 19.8 Å². The number of carbonyl (C=O) groups excluding carboxylic acids is 2. The molecule has 0 spiro atoms. The van der Waals surface area contributed by atoms with Crippen LogP contribution in [0.25, 0.3) is 11.1 Å². The molecule has 0 aliphatic carbocycles. The van der Waals surface area contributed by atoms with Gasteiger partial charge in [-0.2, -0.15) is 0 Å². The monoisotopic (exact) mass is 565 g/mol. The van der Waals surface area contributed by atoms with Gasteiger partial charge in [0.05, 0.1) is 6.54 Å². The second-order valence-corrected chi connectivity index (χ2v) is 8.86. The molecule has 1 aromatic heterocycles. The van der Waals surface area contributed by atoms with E-state index in [1.54, 1.807) is 42.5 Å². The second-order valence-electron chi connectivity index (χ2n) is 8.02. The fourth-order valence-corrected chi connectivity index (χ4v) is 3.60. The van der Waals surface area contributed by atoms with E-state index in [1.165, 1.54) is 5.01 Å². The number of esters is 1. The molecule has 3 N–H and O–H groups in total. The molecule has 0 unspecified atom stereocenters. The highest BCUT2D eigenvalue weighted by molar-refractivity contribution is 6.35. The molecule has 38 heavy (non-hydrogen) atoms. The van der Waals surface area contributed by atoms with Crippen molar-refractivity contribution in [3.8, 4) is 11.1 Å². The predicted molar refractivity (Wildman–Crippen MR) is 136 cm³/mol. The molecule has 14 heteroatoms. The number of hydrogen-bond donors (Lipinski definition) is 3. The summed E-state index contributed by atoms with van der Waals surface area (Å²) < 4.78 is 4.85. The highest BCUT2D eigenvalue weighted by Gasteiger charge is 2.22. The Bertz CT molecular complexity index is 1270. The molecule has 0 saturated carbocycles. The van der Waals surface area contributed by atoms with Gasteiger partial charge in [-0.15, -0.1) is 5.10 Å². The summed E-state index contributed by atoms with van der Waals surface area (Å²) in [4.78, 5) is 41.2. The summed E-state index contributed by atoms with van der Waals surface area (Å²) in [5.41, 5.74) is 4.59. The summed E-state index contributed by atoms with van der Waals surface area (Å²) in [6.45, 7) is 1.05. The molecule has 202 valence electrons. The lowest BCUT2D eigenvalue weighted by Crippen LogP contribution is -2.47. The zero-order valence-electron chi connectivity index (χ0n) is 20.2. The van der Waals surface area contributed by atoms with Crippen molar-refractivity contribution >= 4 is 41.0 Å². The number of hydrazine groups is 1. The van der Waals surface area contributed by atoms with E-state index in [9.17, 15) is 19.5 Å². The molecule has 1 heterocycles. The topological polar surface area (TPSA) is 156 Å². The fraction of sp³-hybridized carbons (Fsp3) is 0.292. The summed E-state index contributed by atoms with van der Waals surface area (Å²) in [6, 6.07) is 12.3. The third-order valence-corrected chi connectivity index (χ3v) is 5.63. The number of aliphatic carboxylic acids is 1. The molecule has 0 aliphatic heterocycles. The number of nitrogens with zero attached hydrogens (tertiary/aromatic N) is 4. The van der Waals surface area contributed by atoms with E-state index in [2.05, 4.69) is 15.7 Å². The van der Waals surface area contributed by atoms with Crippen molar-refractivity contribution in [3.05, 3.63) is 70.0 Å². The molecule has 3 rings (SSSR count). The molecular formula is C24H25Cl2N5O7. The van der Waals surface area contributed by atoms with Gasteiger partial charge in [-0.3, -0.25) is 15.0 Å². The van der Waals surface area contributed by atoms with Gasteiger partial charge in [0.1, 0.15) is 6.20 Å². The molecule has 2 aromatic carbocycles. The van der Waals surface area contributed by atoms with Gasteiger partial charge in [0.2, 0.25) is 0 Å². The fourth-order valence-electron chi connectivity index (χ4n) is 3.20. The third kappa shape index (κ3) is 8.42. The standard InChI is InChI=1S/C24H25Cl2N5O7/c1-2-3-22(33)37-14-38-31-12-20(27-29-31)23(34)28-30(13-21(32)24(35)36)11-15-4-6-16(7-5-15)18-10-17(25)8-9-19(18)26/h4-10,12,21,32H,2-3,11,13-14H2,1H3,(H,28,34)(H,35,36)/t21-/m1/s1. The van der Waals surface area contributed by atoms with Crippen LogP contribution in [0.5, 0.6) is 0 Å². The number of ether oxygens (including phenoxy) is 1. The Morgan fingerprint density at radius 1 is 1.16 bits per heavy atom. The molecule has 0 fully saturated rings. The third-order valence-electron chi connectivity index (χ3n) is 5.07.